The number of rotatable bonds is 2. The van der Waals surface area contributed by atoms with Gasteiger partial charge in [-0.15, -0.1) is 0 Å². The first-order chi connectivity index (χ1) is 12.5. The molecular formula is C23H27N3. The Morgan fingerprint density at radius 2 is 1.88 bits per heavy atom. The van der Waals surface area contributed by atoms with Crippen LogP contribution in [0.15, 0.2) is 42.7 Å². The fourth-order valence-electron chi connectivity index (χ4n) is 4.22. The Labute approximate surface area is 156 Å². The fourth-order valence-corrected chi connectivity index (χ4v) is 4.22. The molecule has 2 atom stereocenters. The van der Waals surface area contributed by atoms with E-state index in [9.17, 15) is 0 Å². The topological polar surface area (TPSA) is 21.1 Å². The van der Waals surface area contributed by atoms with Gasteiger partial charge in [0, 0.05) is 48.2 Å². The third-order valence-corrected chi connectivity index (χ3v) is 5.97. The summed E-state index contributed by atoms with van der Waals surface area (Å²) in [5.74, 6) is 0. The second-order valence-corrected chi connectivity index (χ2v) is 7.69. The first-order valence-electron chi connectivity index (χ1n) is 9.41. The van der Waals surface area contributed by atoms with Gasteiger partial charge in [0.2, 0.25) is 0 Å². The number of likely N-dealkylation sites (N-methyl/N-ethyl adjacent to an activating group) is 1. The number of nitrogens with zero attached hydrogens (tertiary/aromatic N) is 3. The first kappa shape index (κ1) is 17.0. The van der Waals surface area contributed by atoms with E-state index in [1.807, 2.05) is 12.4 Å². The van der Waals surface area contributed by atoms with Crippen LogP contribution in [0.1, 0.15) is 49.2 Å². The molecular weight excluding hydrogens is 318 g/mol. The van der Waals surface area contributed by atoms with Crippen LogP contribution in [0, 0.1) is 6.92 Å². The molecule has 134 valence electrons. The molecule has 0 saturated heterocycles. The van der Waals surface area contributed by atoms with Gasteiger partial charge in [-0.3, -0.25) is 9.88 Å². The Morgan fingerprint density at radius 3 is 2.62 bits per heavy atom. The lowest BCUT2D eigenvalue weighted by Crippen LogP contribution is -2.38. The number of hydrogen-bond donors (Lipinski definition) is 0. The zero-order valence-corrected chi connectivity index (χ0v) is 16.3. The zero-order valence-electron chi connectivity index (χ0n) is 16.3. The van der Waals surface area contributed by atoms with Crippen molar-refractivity contribution in [3.05, 3.63) is 65.1 Å². The van der Waals surface area contributed by atoms with Gasteiger partial charge in [-0.05, 0) is 75.7 Å². The summed E-state index contributed by atoms with van der Waals surface area (Å²) in [7, 11) is 2.25. The number of aromatic nitrogens is 2. The Kier molecular flexibility index (Phi) is 4.20. The lowest BCUT2D eigenvalue weighted by atomic mass is 9.93. The van der Waals surface area contributed by atoms with Crippen molar-refractivity contribution in [2.24, 2.45) is 0 Å². The molecule has 3 nitrogen and oxygen atoms in total. The van der Waals surface area contributed by atoms with Crippen LogP contribution in [-0.4, -0.2) is 27.5 Å². The molecule has 0 amide bonds. The highest BCUT2D eigenvalue weighted by Crippen LogP contribution is 2.40. The van der Waals surface area contributed by atoms with Crippen LogP contribution in [-0.2, 0) is 6.42 Å². The van der Waals surface area contributed by atoms with Gasteiger partial charge in [0.1, 0.15) is 0 Å². The summed E-state index contributed by atoms with van der Waals surface area (Å²) in [6.07, 6.45) is 7.09. The molecule has 0 N–H and O–H groups in total. The molecule has 0 aliphatic carbocycles. The maximum absolute atomic E-state index is 4.14. The molecule has 0 bridgehead atoms. The van der Waals surface area contributed by atoms with Crippen molar-refractivity contribution in [3.8, 4) is 0 Å². The SMILES string of the molecule is C/C(=C\n1c2c(c3cc(C)ccc31)C(C)N(C)C(C)C2)c1ccncc1. The van der Waals surface area contributed by atoms with E-state index < -0.39 is 0 Å². The number of allylic oxidation sites excluding steroid dienone is 1. The summed E-state index contributed by atoms with van der Waals surface area (Å²) in [4.78, 5) is 6.64. The van der Waals surface area contributed by atoms with Crippen molar-refractivity contribution in [3.63, 3.8) is 0 Å². The maximum Gasteiger partial charge on any atom is 0.0529 e. The lowest BCUT2D eigenvalue weighted by Gasteiger charge is -2.36. The molecule has 0 spiro atoms. The number of pyridine rings is 1. The summed E-state index contributed by atoms with van der Waals surface area (Å²) in [6, 6.07) is 12.0. The Balaban J connectivity index is 1.97. The zero-order chi connectivity index (χ0) is 18.4. The highest BCUT2D eigenvalue weighted by molar-refractivity contribution is 5.91. The molecule has 2 unspecified atom stereocenters. The smallest absolute Gasteiger partial charge is 0.0529 e. The fraction of sp³-hybridized carbons (Fsp3) is 0.348. The van der Waals surface area contributed by atoms with Crippen LogP contribution >= 0.6 is 0 Å². The Morgan fingerprint density at radius 1 is 1.15 bits per heavy atom. The van der Waals surface area contributed by atoms with Crippen LogP contribution in [0.5, 0.6) is 0 Å². The minimum atomic E-state index is 0.425. The summed E-state index contributed by atoms with van der Waals surface area (Å²) in [5.41, 5.74) is 8.05. The minimum absolute atomic E-state index is 0.425. The summed E-state index contributed by atoms with van der Waals surface area (Å²) < 4.78 is 2.43. The van der Waals surface area contributed by atoms with Crippen molar-refractivity contribution in [1.82, 2.24) is 14.5 Å². The minimum Gasteiger partial charge on any atom is -0.320 e. The summed E-state index contributed by atoms with van der Waals surface area (Å²) in [6.45, 7) is 9.02. The molecule has 0 radical (unpaired) electrons. The van der Waals surface area contributed by atoms with Gasteiger partial charge in [-0.1, -0.05) is 11.6 Å². The number of benzene rings is 1. The molecule has 1 aliphatic rings. The highest BCUT2D eigenvalue weighted by atomic mass is 15.2. The monoisotopic (exact) mass is 345 g/mol. The highest BCUT2D eigenvalue weighted by Gasteiger charge is 2.31. The van der Waals surface area contributed by atoms with Crippen LogP contribution < -0.4 is 0 Å². The van der Waals surface area contributed by atoms with E-state index in [2.05, 4.69) is 85.7 Å². The maximum atomic E-state index is 4.14. The molecule has 3 heteroatoms. The number of hydrogen-bond acceptors (Lipinski definition) is 2. The van der Waals surface area contributed by atoms with Crippen molar-refractivity contribution in [2.45, 2.75) is 46.2 Å². The van der Waals surface area contributed by atoms with Crippen LogP contribution in [0.2, 0.25) is 0 Å². The van der Waals surface area contributed by atoms with Crippen molar-refractivity contribution in [1.29, 1.82) is 0 Å². The summed E-state index contributed by atoms with van der Waals surface area (Å²) >= 11 is 0. The van der Waals surface area contributed by atoms with Gasteiger partial charge >= 0.3 is 0 Å². The van der Waals surface area contributed by atoms with E-state index in [0.29, 0.717) is 12.1 Å². The largest absolute Gasteiger partial charge is 0.320 e. The summed E-state index contributed by atoms with van der Waals surface area (Å²) in [5, 5.41) is 1.39. The number of fused-ring (bicyclic) bond motifs is 3. The predicted octanol–water partition coefficient (Wildman–Crippen LogP) is 5.30. The van der Waals surface area contributed by atoms with Gasteiger partial charge < -0.3 is 4.57 Å². The van der Waals surface area contributed by atoms with Crippen LogP contribution in [0.3, 0.4) is 0 Å². The van der Waals surface area contributed by atoms with Gasteiger partial charge in [0.25, 0.3) is 0 Å². The molecule has 3 heterocycles. The average Bonchev–Trinajstić information content (AvgIpc) is 2.93. The van der Waals surface area contributed by atoms with E-state index in [4.69, 9.17) is 0 Å². The average molecular weight is 345 g/mol. The van der Waals surface area contributed by atoms with Crippen LogP contribution in [0.4, 0.5) is 0 Å². The number of aryl methyl sites for hydroxylation is 1. The van der Waals surface area contributed by atoms with Gasteiger partial charge in [0.15, 0.2) is 0 Å². The lowest BCUT2D eigenvalue weighted by molar-refractivity contribution is 0.179. The van der Waals surface area contributed by atoms with E-state index >= 15 is 0 Å². The van der Waals surface area contributed by atoms with Gasteiger partial charge in [0.05, 0.1) is 5.52 Å². The third-order valence-electron chi connectivity index (χ3n) is 5.97. The van der Waals surface area contributed by atoms with E-state index in [-0.39, 0.29) is 0 Å². The first-order valence-corrected chi connectivity index (χ1v) is 9.41. The molecule has 1 aliphatic heterocycles. The van der Waals surface area contributed by atoms with Crippen LogP contribution in [0.25, 0.3) is 22.7 Å². The second-order valence-electron chi connectivity index (χ2n) is 7.69. The van der Waals surface area contributed by atoms with E-state index in [0.717, 1.165) is 6.42 Å². The molecule has 26 heavy (non-hydrogen) atoms. The Hall–Kier alpha value is -2.39. The predicted molar refractivity (Wildman–Crippen MR) is 110 cm³/mol. The normalized spacial score (nSPS) is 21.2. The molecule has 4 rings (SSSR count). The standard InChI is InChI=1S/C23H27N3/c1-15-6-7-21-20(12-15)23-18(4)25(5)17(3)13-22(23)26(21)14-16(2)19-8-10-24-11-9-19/h6-12,14,17-18H,13H2,1-5H3/b16-14+. The molecule has 1 aromatic carbocycles. The quantitative estimate of drug-likeness (QED) is 0.628. The van der Waals surface area contributed by atoms with Crippen molar-refractivity contribution < 1.29 is 0 Å². The van der Waals surface area contributed by atoms with Crippen molar-refractivity contribution >= 4 is 22.7 Å². The van der Waals surface area contributed by atoms with E-state index in [1.54, 1.807) is 0 Å². The second kappa shape index (κ2) is 6.40. The van der Waals surface area contributed by atoms with Crippen molar-refractivity contribution in [2.75, 3.05) is 7.05 Å². The van der Waals surface area contributed by atoms with E-state index in [1.165, 1.54) is 38.9 Å². The van der Waals surface area contributed by atoms with Gasteiger partial charge in [-0.25, -0.2) is 0 Å². The third kappa shape index (κ3) is 2.67. The Bertz CT molecular complexity index is 982. The van der Waals surface area contributed by atoms with Gasteiger partial charge in [-0.2, -0.15) is 0 Å². The molecule has 3 aromatic rings. The molecule has 2 aromatic heterocycles. The molecule has 0 saturated carbocycles. The molecule has 0 fully saturated rings.